The number of hydrogen-bond donors (Lipinski definition) is 1. The molecule has 0 unspecified atom stereocenters. The fraction of sp³-hybridized carbons (Fsp3) is 0.133. The highest BCUT2D eigenvalue weighted by atomic mass is 35.5. The Morgan fingerprint density at radius 3 is 3.05 bits per heavy atom. The minimum atomic E-state index is -0.178. The topological polar surface area (TPSA) is 68.5 Å². The fourth-order valence-electron chi connectivity index (χ4n) is 2.11. The van der Waals surface area contributed by atoms with Crippen LogP contribution in [0.3, 0.4) is 0 Å². The summed E-state index contributed by atoms with van der Waals surface area (Å²) in [5, 5.41) is 11.1. The highest BCUT2D eigenvalue weighted by molar-refractivity contribution is 6.31. The molecule has 0 aliphatic heterocycles. The molecule has 2 aromatic heterocycles. The van der Waals surface area contributed by atoms with Gasteiger partial charge in [0.15, 0.2) is 5.65 Å². The number of halogens is 1. The largest absolute Gasteiger partial charge is 0.497 e. The first kappa shape index (κ1) is 14.3. The molecule has 1 amide bonds. The lowest BCUT2D eigenvalue weighted by atomic mass is 10.1. The number of pyridine rings is 1. The van der Waals surface area contributed by atoms with Gasteiger partial charge in [-0.25, -0.2) is 0 Å². The number of methoxy groups -OCH3 is 1. The van der Waals surface area contributed by atoms with Gasteiger partial charge in [-0.15, -0.1) is 10.2 Å². The number of carbonyl (C=O) groups is 1. The van der Waals surface area contributed by atoms with E-state index in [2.05, 4.69) is 15.5 Å². The molecule has 0 atom stereocenters. The molecule has 0 fully saturated rings. The highest BCUT2D eigenvalue weighted by Gasteiger charge is 2.11. The van der Waals surface area contributed by atoms with Gasteiger partial charge in [0, 0.05) is 11.2 Å². The van der Waals surface area contributed by atoms with Gasteiger partial charge in [-0.1, -0.05) is 17.7 Å². The number of aromatic nitrogens is 3. The summed E-state index contributed by atoms with van der Waals surface area (Å²) in [5.41, 5.74) is 1.93. The van der Waals surface area contributed by atoms with Crippen molar-refractivity contribution in [3.05, 3.63) is 53.4 Å². The van der Waals surface area contributed by atoms with E-state index < -0.39 is 0 Å². The first-order valence-electron chi connectivity index (χ1n) is 6.58. The summed E-state index contributed by atoms with van der Waals surface area (Å²) in [7, 11) is 1.57. The van der Waals surface area contributed by atoms with Gasteiger partial charge in [-0.3, -0.25) is 9.20 Å². The Labute approximate surface area is 131 Å². The minimum Gasteiger partial charge on any atom is -0.497 e. The molecule has 1 aromatic carbocycles. The number of ether oxygens (including phenoxy) is 1. The van der Waals surface area contributed by atoms with E-state index in [0.29, 0.717) is 22.1 Å². The first-order valence-corrected chi connectivity index (χ1v) is 6.96. The van der Waals surface area contributed by atoms with E-state index in [-0.39, 0.29) is 12.3 Å². The predicted octanol–water partition coefficient (Wildman–Crippen LogP) is 2.57. The molecule has 6 nitrogen and oxygen atoms in total. The van der Waals surface area contributed by atoms with Crippen LogP contribution in [-0.4, -0.2) is 27.6 Å². The van der Waals surface area contributed by atoms with Crippen LogP contribution in [0.5, 0.6) is 5.75 Å². The summed E-state index contributed by atoms with van der Waals surface area (Å²) in [6, 6.07) is 8.82. The lowest BCUT2D eigenvalue weighted by Gasteiger charge is -2.08. The van der Waals surface area contributed by atoms with Gasteiger partial charge in [0.1, 0.15) is 12.1 Å². The van der Waals surface area contributed by atoms with Gasteiger partial charge in [-0.05, 0) is 29.8 Å². The Morgan fingerprint density at radius 2 is 2.27 bits per heavy atom. The molecular formula is C15H13ClN4O2. The van der Waals surface area contributed by atoms with Crippen molar-refractivity contribution in [3.8, 4) is 5.75 Å². The van der Waals surface area contributed by atoms with Gasteiger partial charge in [-0.2, -0.15) is 0 Å². The molecule has 7 heteroatoms. The van der Waals surface area contributed by atoms with Crippen LogP contribution in [0.1, 0.15) is 5.56 Å². The third-order valence-electron chi connectivity index (χ3n) is 3.21. The Hall–Kier alpha value is -2.60. The van der Waals surface area contributed by atoms with Gasteiger partial charge < -0.3 is 10.1 Å². The average Bonchev–Trinajstić information content (AvgIpc) is 2.99. The predicted molar refractivity (Wildman–Crippen MR) is 83.3 cm³/mol. The number of fused-ring (bicyclic) bond motifs is 1. The maximum atomic E-state index is 12.2. The summed E-state index contributed by atoms with van der Waals surface area (Å²) < 4.78 is 6.82. The lowest BCUT2D eigenvalue weighted by molar-refractivity contribution is -0.115. The number of amides is 1. The zero-order valence-electron chi connectivity index (χ0n) is 11.8. The van der Waals surface area contributed by atoms with Crippen LogP contribution in [0, 0.1) is 0 Å². The van der Waals surface area contributed by atoms with Crippen LogP contribution in [0.15, 0.2) is 42.9 Å². The van der Waals surface area contributed by atoms with Crippen molar-refractivity contribution >= 4 is 28.8 Å². The zero-order valence-corrected chi connectivity index (χ0v) is 12.5. The molecule has 0 aliphatic rings. The van der Waals surface area contributed by atoms with Crippen LogP contribution < -0.4 is 10.1 Å². The molecule has 0 bridgehead atoms. The minimum absolute atomic E-state index is 0.165. The van der Waals surface area contributed by atoms with Crippen molar-refractivity contribution in [1.29, 1.82) is 0 Å². The van der Waals surface area contributed by atoms with Crippen molar-refractivity contribution < 1.29 is 9.53 Å². The summed E-state index contributed by atoms with van der Waals surface area (Å²) >= 11 is 6.15. The number of hydrogen-bond acceptors (Lipinski definition) is 4. The molecule has 0 spiro atoms. The molecule has 0 saturated carbocycles. The van der Waals surface area contributed by atoms with Crippen molar-refractivity contribution in [2.24, 2.45) is 0 Å². The van der Waals surface area contributed by atoms with Crippen LogP contribution in [0.25, 0.3) is 5.65 Å². The monoisotopic (exact) mass is 316 g/mol. The second-order valence-corrected chi connectivity index (χ2v) is 5.07. The number of anilines is 1. The molecule has 2 heterocycles. The normalized spacial score (nSPS) is 10.6. The van der Waals surface area contributed by atoms with Crippen molar-refractivity contribution in [2.75, 3.05) is 12.4 Å². The van der Waals surface area contributed by atoms with E-state index in [1.807, 2.05) is 12.3 Å². The summed E-state index contributed by atoms with van der Waals surface area (Å²) in [5.74, 6) is 0.477. The van der Waals surface area contributed by atoms with Crippen LogP contribution in [0.2, 0.25) is 5.02 Å². The first-order chi connectivity index (χ1) is 10.7. The molecule has 0 radical (unpaired) electrons. The number of benzene rings is 1. The highest BCUT2D eigenvalue weighted by Crippen LogP contribution is 2.23. The molecule has 22 heavy (non-hydrogen) atoms. The smallest absolute Gasteiger partial charge is 0.228 e. The molecular weight excluding hydrogens is 304 g/mol. The Balaban J connectivity index is 1.76. The quantitative estimate of drug-likeness (QED) is 0.803. The Bertz CT molecular complexity index is 831. The molecule has 0 aliphatic carbocycles. The van der Waals surface area contributed by atoms with Gasteiger partial charge in [0.2, 0.25) is 5.91 Å². The standard InChI is InChI=1S/C15H13ClN4O2/c1-22-11-5-4-10(12(16)8-11)7-14(21)18-13-3-2-6-20-9-17-19-15(13)20/h2-6,8-9H,7H2,1H3,(H,18,21). The van der Waals surface area contributed by atoms with E-state index in [1.54, 1.807) is 42.1 Å². The molecule has 1 N–H and O–H groups in total. The average molecular weight is 317 g/mol. The van der Waals surface area contributed by atoms with E-state index in [0.717, 1.165) is 5.56 Å². The van der Waals surface area contributed by atoms with Crippen LogP contribution in [-0.2, 0) is 11.2 Å². The van der Waals surface area contributed by atoms with Crippen LogP contribution in [0.4, 0.5) is 5.69 Å². The molecule has 3 rings (SSSR count). The summed E-state index contributed by atoms with van der Waals surface area (Å²) in [6.07, 6.45) is 3.55. The Morgan fingerprint density at radius 1 is 1.41 bits per heavy atom. The molecule has 112 valence electrons. The van der Waals surface area contributed by atoms with Crippen molar-refractivity contribution in [3.63, 3.8) is 0 Å². The van der Waals surface area contributed by atoms with Crippen LogP contribution >= 0.6 is 11.6 Å². The third-order valence-corrected chi connectivity index (χ3v) is 3.56. The molecule has 3 aromatic rings. The molecule has 0 saturated heterocycles. The van der Waals surface area contributed by atoms with E-state index >= 15 is 0 Å². The van der Waals surface area contributed by atoms with Gasteiger partial charge in [0.05, 0.1) is 19.2 Å². The number of nitrogens with one attached hydrogen (secondary N) is 1. The van der Waals surface area contributed by atoms with Gasteiger partial charge >= 0.3 is 0 Å². The third kappa shape index (κ3) is 2.87. The van der Waals surface area contributed by atoms with E-state index in [9.17, 15) is 4.79 Å². The lowest BCUT2D eigenvalue weighted by Crippen LogP contribution is -2.15. The van der Waals surface area contributed by atoms with Gasteiger partial charge in [0.25, 0.3) is 0 Å². The summed E-state index contributed by atoms with van der Waals surface area (Å²) in [6.45, 7) is 0. The maximum absolute atomic E-state index is 12.2. The second-order valence-electron chi connectivity index (χ2n) is 4.67. The SMILES string of the molecule is COc1ccc(CC(=O)Nc2cccn3cnnc23)c(Cl)c1. The number of carbonyl (C=O) groups excluding carboxylic acids is 1. The van der Waals surface area contributed by atoms with E-state index in [4.69, 9.17) is 16.3 Å². The summed E-state index contributed by atoms with van der Waals surface area (Å²) in [4.78, 5) is 12.2. The van der Waals surface area contributed by atoms with Crippen molar-refractivity contribution in [2.45, 2.75) is 6.42 Å². The van der Waals surface area contributed by atoms with E-state index in [1.165, 1.54) is 0 Å². The zero-order chi connectivity index (χ0) is 15.5. The second kappa shape index (κ2) is 6.03. The maximum Gasteiger partial charge on any atom is 0.228 e. The Kier molecular flexibility index (Phi) is 3.93. The number of nitrogens with zero attached hydrogens (tertiary/aromatic N) is 3. The van der Waals surface area contributed by atoms with Crippen molar-refractivity contribution in [1.82, 2.24) is 14.6 Å². The fourth-order valence-corrected chi connectivity index (χ4v) is 2.35. The number of rotatable bonds is 4.